The van der Waals surface area contributed by atoms with Crippen molar-refractivity contribution in [2.24, 2.45) is 7.05 Å². The van der Waals surface area contributed by atoms with Gasteiger partial charge in [-0.05, 0) is 25.2 Å². The molecule has 0 unspecified atom stereocenters. The number of nitrogens with one attached hydrogen (secondary N) is 1. The molecule has 1 N–H and O–H groups in total. The Hall–Kier alpha value is -1.56. The van der Waals surface area contributed by atoms with E-state index in [0.29, 0.717) is 22.3 Å². The number of carbonyl (C=O) groups excluding carboxylic acids is 1. The average Bonchev–Trinajstić information content (AvgIpc) is 2.79. The van der Waals surface area contributed by atoms with Crippen LogP contribution in [0.1, 0.15) is 5.56 Å². The van der Waals surface area contributed by atoms with Crippen LogP contribution in [-0.2, 0) is 18.4 Å². The molecule has 21 heavy (non-hydrogen) atoms. The minimum Gasteiger partial charge on any atom is -0.324 e. The van der Waals surface area contributed by atoms with Crippen molar-refractivity contribution in [1.29, 1.82) is 0 Å². The highest BCUT2D eigenvalue weighted by Gasteiger charge is 2.10. The second-order valence-electron chi connectivity index (χ2n) is 4.87. The highest BCUT2D eigenvalue weighted by molar-refractivity contribution is 6.35. The number of anilines is 1. The Bertz CT molecular complexity index is 642. The second-order valence-corrected chi connectivity index (χ2v) is 5.71. The summed E-state index contributed by atoms with van der Waals surface area (Å²) in [5.41, 5.74) is 1.57. The maximum atomic E-state index is 12.0. The van der Waals surface area contributed by atoms with Crippen molar-refractivity contribution >= 4 is 34.8 Å². The third-order valence-corrected chi connectivity index (χ3v) is 3.39. The van der Waals surface area contributed by atoms with E-state index in [4.69, 9.17) is 23.2 Å². The molecule has 1 amide bonds. The van der Waals surface area contributed by atoms with Gasteiger partial charge in [-0.1, -0.05) is 23.2 Å². The van der Waals surface area contributed by atoms with Crippen LogP contribution in [0.2, 0.25) is 10.0 Å². The summed E-state index contributed by atoms with van der Waals surface area (Å²) in [6.45, 7) is 0.891. The number of benzene rings is 1. The van der Waals surface area contributed by atoms with Gasteiger partial charge in [0.05, 0.1) is 23.5 Å². The highest BCUT2D eigenvalue weighted by Crippen LogP contribution is 2.25. The standard InChI is InChI=1S/C14H16Cl2N4O/c1-19(7-10-6-17-20(2)8-10)9-14(21)18-13-5-11(15)3-4-12(13)16/h3-6,8H,7,9H2,1-2H3,(H,18,21). The van der Waals surface area contributed by atoms with Gasteiger partial charge in [0.1, 0.15) is 0 Å². The molecule has 0 atom stereocenters. The third kappa shape index (κ3) is 4.74. The predicted octanol–water partition coefficient (Wildman–Crippen LogP) is 2.80. The summed E-state index contributed by atoms with van der Waals surface area (Å²) in [5.74, 6) is -0.148. The molecule has 0 fully saturated rings. The first-order valence-corrected chi connectivity index (χ1v) is 7.10. The smallest absolute Gasteiger partial charge is 0.238 e. The van der Waals surface area contributed by atoms with Crippen LogP contribution in [0.25, 0.3) is 0 Å². The topological polar surface area (TPSA) is 50.2 Å². The zero-order valence-corrected chi connectivity index (χ0v) is 13.3. The molecule has 2 rings (SSSR count). The van der Waals surface area contributed by atoms with Crippen molar-refractivity contribution in [2.75, 3.05) is 18.9 Å². The van der Waals surface area contributed by atoms with Crippen molar-refractivity contribution in [3.63, 3.8) is 0 Å². The van der Waals surface area contributed by atoms with Gasteiger partial charge in [-0.3, -0.25) is 14.4 Å². The zero-order chi connectivity index (χ0) is 15.4. The van der Waals surface area contributed by atoms with Gasteiger partial charge in [-0.2, -0.15) is 5.10 Å². The van der Waals surface area contributed by atoms with Crippen molar-refractivity contribution in [2.45, 2.75) is 6.54 Å². The molecule has 0 aliphatic carbocycles. The Balaban J connectivity index is 1.90. The molecule has 0 aliphatic rings. The lowest BCUT2D eigenvalue weighted by atomic mass is 10.3. The number of rotatable bonds is 5. The Kier molecular flexibility index (Phi) is 5.22. The van der Waals surface area contributed by atoms with Crippen LogP contribution in [0.3, 0.4) is 0 Å². The van der Waals surface area contributed by atoms with Gasteiger partial charge < -0.3 is 5.32 Å². The maximum Gasteiger partial charge on any atom is 0.238 e. The highest BCUT2D eigenvalue weighted by atomic mass is 35.5. The van der Waals surface area contributed by atoms with Gasteiger partial charge in [-0.25, -0.2) is 0 Å². The number of halogens is 2. The Labute approximate surface area is 133 Å². The number of hydrogen-bond donors (Lipinski definition) is 1. The van der Waals surface area contributed by atoms with Gasteiger partial charge in [0, 0.05) is 30.4 Å². The Morgan fingerprint density at radius 3 is 2.86 bits per heavy atom. The van der Waals surface area contributed by atoms with Crippen LogP contribution in [-0.4, -0.2) is 34.2 Å². The van der Waals surface area contributed by atoms with Crippen molar-refractivity contribution < 1.29 is 4.79 Å². The van der Waals surface area contributed by atoms with E-state index in [9.17, 15) is 4.79 Å². The molecule has 0 spiro atoms. The molecule has 0 saturated heterocycles. The van der Waals surface area contributed by atoms with E-state index >= 15 is 0 Å². The van der Waals surface area contributed by atoms with Crippen LogP contribution in [0.4, 0.5) is 5.69 Å². The number of nitrogens with zero attached hydrogens (tertiary/aromatic N) is 3. The number of carbonyl (C=O) groups is 1. The molecule has 0 saturated carbocycles. The van der Waals surface area contributed by atoms with E-state index in [-0.39, 0.29) is 12.5 Å². The van der Waals surface area contributed by atoms with Crippen LogP contribution in [0, 0.1) is 0 Å². The molecule has 112 valence electrons. The van der Waals surface area contributed by atoms with Crippen molar-refractivity contribution in [1.82, 2.24) is 14.7 Å². The molecule has 7 heteroatoms. The summed E-state index contributed by atoms with van der Waals surface area (Å²) in [4.78, 5) is 13.9. The summed E-state index contributed by atoms with van der Waals surface area (Å²) < 4.78 is 1.73. The normalized spacial score (nSPS) is 10.9. The van der Waals surface area contributed by atoms with Crippen molar-refractivity contribution in [3.05, 3.63) is 46.2 Å². The lowest BCUT2D eigenvalue weighted by molar-refractivity contribution is -0.117. The first-order chi connectivity index (χ1) is 9.94. The summed E-state index contributed by atoms with van der Waals surface area (Å²) >= 11 is 11.9. The zero-order valence-electron chi connectivity index (χ0n) is 11.8. The molecule has 5 nitrogen and oxygen atoms in total. The molecule has 0 radical (unpaired) electrons. The fourth-order valence-electron chi connectivity index (χ4n) is 1.95. The van der Waals surface area contributed by atoms with E-state index < -0.39 is 0 Å². The summed E-state index contributed by atoms with van der Waals surface area (Å²) in [6, 6.07) is 4.95. The third-order valence-electron chi connectivity index (χ3n) is 2.83. The molecule has 2 aromatic rings. The van der Waals surface area contributed by atoms with Gasteiger partial charge >= 0.3 is 0 Å². The van der Waals surface area contributed by atoms with E-state index in [2.05, 4.69) is 10.4 Å². The second kappa shape index (κ2) is 6.93. The minimum atomic E-state index is -0.148. The number of amides is 1. The minimum absolute atomic E-state index is 0.148. The number of hydrogen-bond acceptors (Lipinski definition) is 3. The Morgan fingerprint density at radius 2 is 2.19 bits per heavy atom. The largest absolute Gasteiger partial charge is 0.324 e. The van der Waals surface area contributed by atoms with Crippen LogP contribution < -0.4 is 5.32 Å². The molecule has 0 bridgehead atoms. The van der Waals surface area contributed by atoms with E-state index in [1.165, 1.54) is 0 Å². The summed E-state index contributed by atoms with van der Waals surface area (Å²) in [5, 5.41) is 7.84. The fraction of sp³-hybridized carbons (Fsp3) is 0.286. The predicted molar refractivity (Wildman–Crippen MR) is 84.6 cm³/mol. The number of likely N-dealkylation sites (N-methyl/N-ethyl adjacent to an activating group) is 1. The van der Waals surface area contributed by atoms with E-state index in [0.717, 1.165) is 5.56 Å². The lowest BCUT2D eigenvalue weighted by Gasteiger charge is -2.15. The quantitative estimate of drug-likeness (QED) is 0.919. The number of aromatic nitrogens is 2. The van der Waals surface area contributed by atoms with E-state index in [1.54, 1.807) is 29.1 Å². The monoisotopic (exact) mass is 326 g/mol. The SMILES string of the molecule is CN(CC(=O)Nc1cc(Cl)ccc1Cl)Cc1cnn(C)c1. The molecule has 1 aromatic carbocycles. The van der Waals surface area contributed by atoms with Gasteiger partial charge in [0.25, 0.3) is 0 Å². The van der Waals surface area contributed by atoms with Gasteiger partial charge in [0.15, 0.2) is 0 Å². The molecule has 0 aliphatic heterocycles. The van der Waals surface area contributed by atoms with Gasteiger partial charge in [-0.15, -0.1) is 0 Å². The fourth-order valence-corrected chi connectivity index (χ4v) is 2.29. The maximum absolute atomic E-state index is 12.0. The van der Waals surface area contributed by atoms with Crippen LogP contribution in [0.15, 0.2) is 30.6 Å². The van der Waals surface area contributed by atoms with Crippen molar-refractivity contribution in [3.8, 4) is 0 Å². The average molecular weight is 327 g/mol. The van der Waals surface area contributed by atoms with Crippen LogP contribution >= 0.6 is 23.2 Å². The Morgan fingerprint density at radius 1 is 1.43 bits per heavy atom. The lowest BCUT2D eigenvalue weighted by Crippen LogP contribution is -2.29. The summed E-state index contributed by atoms with van der Waals surface area (Å²) in [6.07, 6.45) is 3.70. The van der Waals surface area contributed by atoms with Gasteiger partial charge in [0.2, 0.25) is 5.91 Å². The van der Waals surface area contributed by atoms with E-state index in [1.807, 2.05) is 25.2 Å². The van der Waals surface area contributed by atoms with Crippen LogP contribution in [0.5, 0.6) is 0 Å². The molecular weight excluding hydrogens is 311 g/mol. The molecule has 1 heterocycles. The first kappa shape index (κ1) is 15.8. The first-order valence-electron chi connectivity index (χ1n) is 6.35. The molecule has 1 aromatic heterocycles. The molecular formula is C14H16Cl2N4O. The summed E-state index contributed by atoms with van der Waals surface area (Å²) in [7, 11) is 3.73. The number of aryl methyl sites for hydroxylation is 1.